The van der Waals surface area contributed by atoms with Crippen LogP contribution in [0, 0.1) is 0 Å². The lowest BCUT2D eigenvalue weighted by molar-refractivity contribution is -0.123. The second-order valence-electron chi connectivity index (χ2n) is 21.1. The third-order valence-electron chi connectivity index (χ3n) is 14.3. The van der Waals surface area contributed by atoms with Crippen LogP contribution in [0.15, 0.2) is 60.8 Å². The number of unbranched alkanes of at least 4 members (excludes halogenated alkanes) is 42. The van der Waals surface area contributed by atoms with E-state index in [-0.39, 0.29) is 12.5 Å². The molecule has 0 aromatic carbocycles. The number of allylic oxidation sites excluding steroid dienone is 9. The van der Waals surface area contributed by atoms with Crippen LogP contribution < -0.4 is 5.32 Å². The molecule has 2 atom stereocenters. The minimum atomic E-state index is -0.840. The standard InChI is InChI=1S/C65H121NO3/c1-3-5-7-9-11-13-15-17-19-21-23-25-27-28-29-30-31-32-33-34-35-36-37-38-39-41-43-45-47-49-51-53-55-57-59-61-65(69)66-63(62-67)64(68)60-58-56-54-52-50-48-46-44-42-40-26-24-22-20-18-16-14-12-10-8-6-4-2/h5,7,11,13,17,19,23,25,58,60,63-64,67-68H,3-4,6,8-10,12,14-16,18,20-22,24,26-57,59,61-62H2,1-2H3,(H,66,69)/b7-5-,13-11-,19-17-,25-23-,60-58+. The molecule has 0 saturated carbocycles. The molecule has 0 spiro atoms. The van der Waals surface area contributed by atoms with Crippen molar-refractivity contribution in [3.05, 3.63) is 60.8 Å². The van der Waals surface area contributed by atoms with Crippen LogP contribution in [0.3, 0.4) is 0 Å². The smallest absolute Gasteiger partial charge is 0.220 e. The Morgan fingerprint density at radius 3 is 0.957 bits per heavy atom. The first-order valence-corrected chi connectivity index (χ1v) is 31.0. The van der Waals surface area contributed by atoms with Crippen molar-refractivity contribution in [2.24, 2.45) is 0 Å². The Kier molecular flexibility index (Phi) is 58.7. The summed E-state index contributed by atoms with van der Waals surface area (Å²) in [6.07, 6.45) is 85.6. The van der Waals surface area contributed by atoms with Gasteiger partial charge in [-0.1, -0.05) is 325 Å². The average molecular weight is 965 g/mol. The molecule has 0 heterocycles. The van der Waals surface area contributed by atoms with Gasteiger partial charge in [-0.2, -0.15) is 0 Å². The minimum absolute atomic E-state index is 0.0584. The van der Waals surface area contributed by atoms with Crippen molar-refractivity contribution in [2.45, 2.75) is 341 Å². The van der Waals surface area contributed by atoms with Crippen molar-refractivity contribution >= 4 is 5.91 Å². The molecule has 4 nitrogen and oxygen atoms in total. The Morgan fingerprint density at radius 1 is 0.362 bits per heavy atom. The summed E-state index contributed by atoms with van der Waals surface area (Å²) in [5, 5.41) is 23.2. The molecule has 0 aliphatic rings. The van der Waals surface area contributed by atoms with Crippen LogP contribution in [0.1, 0.15) is 328 Å². The number of carbonyl (C=O) groups is 1. The Morgan fingerprint density at radius 2 is 0.638 bits per heavy atom. The van der Waals surface area contributed by atoms with E-state index in [9.17, 15) is 15.0 Å². The van der Waals surface area contributed by atoms with Gasteiger partial charge in [0.2, 0.25) is 5.91 Å². The second-order valence-corrected chi connectivity index (χ2v) is 21.1. The number of aliphatic hydroxyl groups is 2. The minimum Gasteiger partial charge on any atom is -0.394 e. The number of nitrogens with one attached hydrogen (secondary N) is 1. The van der Waals surface area contributed by atoms with E-state index in [0.717, 1.165) is 51.4 Å². The van der Waals surface area contributed by atoms with Gasteiger partial charge in [0.1, 0.15) is 0 Å². The van der Waals surface area contributed by atoms with Gasteiger partial charge in [-0.05, 0) is 57.8 Å². The summed E-state index contributed by atoms with van der Waals surface area (Å²) >= 11 is 0. The number of amides is 1. The molecule has 0 fully saturated rings. The van der Waals surface area contributed by atoms with Gasteiger partial charge >= 0.3 is 0 Å². The number of rotatable bonds is 57. The number of hydrogen-bond acceptors (Lipinski definition) is 3. The molecular formula is C65H121NO3. The summed E-state index contributed by atoms with van der Waals surface area (Å²) in [6.45, 7) is 4.23. The van der Waals surface area contributed by atoms with Gasteiger partial charge in [-0.15, -0.1) is 0 Å². The second kappa shape index (κ2) is 60.4. The molecule has 69 heavy (non-hydrogen) atoms. The van der Waals surface area contributed by atoms with Gasteiger partial charge in [-0.25, -0.2) is 0 Å². The maximum absolute atomic E-state index is 12.5. The highest BCUT2D eigenvalue weighted by atomic mass is 16.3. The highest BCUT2D eigenvalue weighted by molar-refractivity contribution is 5.76. The van der Waals surface area contributed by atoms with Crippen molar-refractivity contribution in [3.8, 4) is 0 Å². The summed E-state index contributed by atoms with van der Waals surface area (Å²) in [7, 11) is 0. The summed E-state index contributed by atoms with van der Waals surface area (Å²) in [6, 6.07) is -0.623. The molecule has 0 aromatic rings. The van der Waals surface area contributed by atoms with E-state index in [0.29, 0.717) is 6.42 Å². The van der Waals surface area contributed by atoms with Crippen molar-refractivity contribution in [1.29, 1.82) is 0 Å². The van der Waals surface area contributed by atoms with Gasteiger partial charge < -0.3 is 15.5 Å². The highest BCUT2D eigenvalue weighted by Crippen LogP contribution is 2.18. The van der Waals surface area contributed by atoms with E-state index in [1.165, 1.54) is 257 Å². The fourth-order valence-corrected chi connectivity index (χ4v) is 9.59. The summed E-state index contributed by atoms with van der Waals surface area (Å²) in [5.74, 6) is -0.0584. The van der Waals surface area contributed by atoms with E-state index < -0.39 is 12.1 Å². The third kappa shape index (κ3) is 56.9. The lowest BCUT2D eigenvalue weighted by Crippen LogP contribution is -2.45. The van der Waals surface area contributed by atoms with E-state index >= 15 is 0 Å². The van der Waals surface area contributed by atoms with E-state index in [4.69, 9.17) is 0 Å². The van der Waals surface area contributed by atoms with Crippen molar-refractivity contribution in [3.63, 3.8) is 0 Å². The Bertz CT molecular complexity index is 1140. The van der Waals surface area contributed by atoms with Crippen molar-refractivity contribution in [1.82, 2.24) is 5.32 Å². The fourth-order valence-electron chi connectivity index (χ4n) is 9.59. The Balaban J connectivity index is 3.44. The van der Waals surface area contributed by atoms with E-state index in [2.05, 4.69) is 67.8 Å². The molecule has 0 rings (SSSR count). The first-order chi connectivity index (χ1) is 34.2. The number of hydrogen-bond donors (Lipinski definition) is 3. The first kappa shape index (κ1) is 67.1. The number of carbonyl (C=O) groups excluding carboxylic acids is 1. The molecule has 0 saturated heterocycles. The predicted molar refractivity (Wildman–Crippen MR) is 308 cm³/mol. The largest absolute Gasteiger partial charge is 0.394 e. The molecule has 2 unspecified atom stereocenters. The first-order valence-electron chi connectivity index (χ1n) is 31.0. The molecule has 0 bridgehead atoms. The molecule has 3 N–H and O–H groups in total. The monoisotopic (exact) mass is 964 g/mol. The van der Waals surface area contributed by atoms with Crippen LogP contribution >= 0.6 is 0 Å². The van der Waals surface area contributed by atoms with Crippen molar-refractivity contribution < 1.29 is 15.0 Å². The molecule has 0 aromatic heterocycles. The van der Waals surface area contributed by atoms with Crippen LogP contribution in [0.25, 0.3) is 0 Å². The van der Waals surface area contributed by atoms with Crippen molar-refractivity contribution in [2.75, 3.05) is 6.61 Å². The molecular weight excluding hydrogens is 843 g/mol. The van der Waals surface area contributed by atoms with Crippen LogP contribution in [-0.4, -0.2) is 34.9 Å². The van der Waals surface area contributed by atoms with E-state index in [1.807, 2.05) is 6.08 Å². The molecule has 4 heteroatoms. The molecule has 0 radical (unpaired) electrons. The molecule has 1 amide bonds. The normalized spacial score (nSPS) is 13.2. The predicted octanol–water partition coefficient (Wildman–Crippen LogP) is 20.8. The number of aliphatic hydroxyl groups excluding tert-OH is 2. The average Bonchev–Trinajstić information content (AvgIpc) is 3.35. The zero-order valence-corrected chi connectivity index (χ0v) is 46.6. The molecule has 404 valence electrons. The zero-order chi connectivity index (χ0) is 49.9. The third-order valence-corrected chi connectivity index (χ3v) is 14.3. The van der Waals surface area contributed by atoms with Gasteiger partial charge in [0, 0.05) is 6.42 Å². The Hall–Kier alpha value is -1.91. The van der Waals surface area contributed by atoms with Gasteiger partial charge in [0.15, 0.2) is 0 Å². The zero-order valence-electron chi connectivity index (χ0n) is 46.6. The molecule has 0 aliphatic heterocycles. The van der Waals surface area contributed by atoms with Crippen LogP contribution in [0.4, 0.5) is 0 Å². The quantitative estimate of drug-likeness (QED) is 0.0420. The topological polar surface area (TPSA) is 69.6 Å². The lowest BCUT2D eigenvalue weighted by atomic mass is 10.0. The maximum atomic E-state index is 12.5. The molecule has 0 aliphatic carbocycles. The maximum Gasteiger partial charge on any atom is 0.220 e. The Labute approximate surface area is 432 Å². The van der Waals surface area contributed by atoms with Gasteiger partial charge in [-0.3, -0.25) is 4.79 Å². The van der Waals surface area contributed by atoms with Gasteiger partial charge in [0.05, 0.1) is 18.8 Å². The lowest BCUT2D eigenvalue weighted by Gasteiger charge is -2.20. The fraction of sp³-hybridized carbons (Fsp3) is 0.831. The van der Waals surface area contributed by atoms with Crippen LogP contribution in [-0.2, 0) is 4.79 Å². The van der Waals surface area contributed by atoms with E-state index in [1.54, 1.807) is 6.08 Å². The van der Waals surface area contributed by atoms with Gasteiger partial charge in [0.25, 0.3) is 0 Å². The summed E-state index contributed by atoms with van der Waals surface area (Å²) in [5.41, 5.74) is 0. The summed E-state index contributed by atoms with van der Waals surface area (Å²) < 4.78 is 0. The highest BCUT2D eigenvalue weighted by Gasteiger charge is 2.18. The van der Waals surface area contributed by atoms with Crippen LogP contribution in [0.2, 0.25) is 0 Å². The summed E-state index contributed by atoms with van der Waals surface area (Å²) in [4.78, 5) is 12.5. The SMILES string of the molecule is CC/C=C\C/C=C\C/C=C\C/C=C\CCCCCCCCCCCCCCCCCCCCCCCCC(=O)NC(CO)C(O)/C=C/CCCCCCCCCCCCCCCCCCCCCC. The van der Waals surface area contributed by atoms with Crippen LogP contribution in [0.5, 0.6) is 0 Å².